The van der Waals surface area contributed by atoms with Gasteiger partial charge in [-0.15, -0.1) is 11.8 Å². The van der Waals surface area contributed by atoms with Gasteiger partial charge in [0.25, 0.3) is 11.8 Å². The van der Waals surface area contributed by atoms with Crippen molar-refractivity contribution in [3.8, 4) is 17.2 Å². The first kappa shape index (κ1) is 29.1. The molecule has 0 aromatic heterocycles. The van der Waals surface area contributed by atoms with Gasteiger partial charge in [0.05, 0.1) is 5.56 Å². The Bertz CT molecular complexity index is 1440. The molecule has 2 aliphatic heterocycles. The number of β-lactam (4-membered cyclic amide) rings is 1. The number of thioether (sulfide) groups is 1. The molecule has 1 fully saturated rings. The third-order valence-corrected chi connectivity index (χ3v) is 7.08. The van der Waals surface area contributed by atoms with Gasteiger partial charge in [0.2, 0.25) is 0 Å². The maximum absolute atomic E-state index is 12.8. The van der Waals surface area contributed by atoms with E-state index in [0.29, 0.717) is 5.75 Å². The van der Waals surface area contributed by atoms with Crippen LogP contribution >= 0.6 is 11.8 Å². The second kappa shape index (κ2) is 12.6. The number of rotatable bonds is 10. The van der Waals surface area contributed by atoms with Gasteiger partial charge in [-0.2, -0.15) is 0 Å². The highest BCUT2D eigenvalue weighted by Crippen LogP contribution is 2.40. The normalized spacial score (nSPS) is 17.5. The molecular formula is C27H24N2O11S. The van der Waals surface area contributed by atoms with E-state index in [9.17, 15) is 33.9 Å². The summed E-state index contributed by atoms with van der Waals surface area (Å²) in [5.74, 6) is -4.49. The van der Waals surface area contributed by atoms with E-state index in [1.54, 1.807) is 30.3 Å². The van der Waals surface area contributed by atoms with E-state index in [4.69, 9.17) is 18.9 Å². The quantitative estimate of drug-likeness (QED) is 0.234. The molecule has 1 saturated heterocycles. The van der Waals surface area contributed by atoms with Crippen LogP contribution in [0.5, 0.6) is 17.2 Å². The number of hydrogen-bond acceptors (Lipinski definition) is 11. The Morgan fingerprint density at radius 3 is 2.34 bits per heavy atom. The molecule has 2 aromatic rings. The topological polar surface area (TPSA) is 175 Å². The molecule has 2 atom stereocenters. The van der Waals surface area contributed by atoms with Gasteiger partial charge in [-0.05, 0) is 30.3 Å². The Labute approximate surface area is 237 Å². The zero-order valence-corrected chi connectivity index (χ0v) is 22.6. The molecule has 41 heavy (non-hydrogen) atoms. The van der Waals surface area contributed by atoms with Gasteiger partial charge in [-0.1, -0.05) is 18.2 Å². The van der Waals surface area contributed by atoms with E-state index in [1.165, 1.54) is 23.9 Å². The monoisotopic (exact) mass is 584 g/mol. The van der Waals surface area contributed by atoms with Crippen LogP contribution in [0.15, 0.2) is 59.8 Å². The number of benzene rings is 2. The maximum Gasteiger partial charge on any atom is 0.352 e. The summed E-state index contributed by atoms with van der Waals surface area (Å²) < 4.78 is 20.6. The van der Waals surface area contributed by atoms with Gasteiger partial charge in [0.15, 0.2) is 18.1 Å². The van der Waals surface area contributed by atoms with Crippen LogP contribution in [0.4, 0.5) is 0 Å². The highest BCUT2D eigenvalue weighted by Gasteiger charge is 2.54. The number of aliphatic carboxylic acids is 1. The van der Waals surface area contributed by atoms with Gasteiger partial charge < -0.3 is 29.4 Å². The minimum absolute atomic E-state index is 0.0588. The molecule has 0 unspecified atom stereocenters. The highest BCUT2D eigenvalue weighted by molar-refractivity contribution is 8.00. The fourth-order valence-corrected chi connectivity index (χ4v) is 5.35. The predicted molar refractivity (Wildman–Crippen MR) is 141 cm³/mol. The number of hydrogen-bond donors (Lipinski definition) is 2. The average molecular weight is 585 g/mol. The molecular weight excluding hydrogens is 560 g/mol. The smallest absolute Gasteiger partial charge is 0.352 e. The van der Waals surface area contributed by atoms with Gasteiger partial charge in [-0.3, -0.25) is 24.1 Å². The molecule has 0 aliphatic carbocycles. The molecule has 2 N–H and O–H groups in total. The number of carboxylic acids is 1. The number of carbonyl (C=O) groups excluding carboxylic acids is 5. The third kappa shape index (κ3) is 6.84. The summed E-state index contributed by atoms with van der Waals surface area (Å²) in [7, 11) is 0. The van der Waals surface area contributed by atoms with Crippen molar-refractivity contribution >= 4 is 47.5 Å². The van der Waals surface area contributed by atoms with Crippen LogP contribution in [0.3, 0.4) is 0 Å². The van der Waals surface area contributed by atoms with Gasteiger partial charge in [0, 0.05) is 25.2 Å². The van der Waals surface area contributed by atoms with Crippen LogP contribution in [0, 0.1) is 0 Å². The van der Waals surface area contributed by atoms with Gasteiger partial charge >= 0.3 is 23.9 Å². The number of fused-ring (bicyclic) bond motifs is 1. The number of nitrogens with zero attached hydrogens (tertiary/aromatic N) is 1. The average Bonchev–Trinajstić information content (AvgIpc) is 2.93. The standard InChI is InChI=1S/C27H24N2O11S/c1-14(30)39-19-9-8-16(10-20(19)40-15(2)31)27(36)38-11-17-13-41-25-22(24(33)29(25)23(17)26(34)35)28-21(32)12-37-18-6-4-3-5-7-18/h3-10,22,25H,11-13H2,1-2H3,(H,28,32)(H,34,35)/t22-,25-/m1/s1. The SMILES string of the molecule is CC(=O)Oc1ccc(C(=O)OCC2=C(C(=O)O)N3C(=O)[C@@H](NC(=O)COc4ccccc4)[C@H]3SC2)cc1OC(C)=O. The second-order valence-corrected chi connectivity index (χ2v) is 9.84. The summed E-state index contributed by atoms with van der Waals surface area (Å²) in [6.07, 6.45) is 0. The van der Waals surface area contributed by atoms with E-state index in [0.717, 1.165) is 24.8 Å². The van der Waals surface area contributed by atoms with E-state index in [-0.39, 0.29) is 40.7 Å². The van der Waals surface area contributed by atoms with Crippen molar-refractivity contribution in [2.45, 2.75) is 25.3 Å². The second-order valence-electron chi connectivity index (χ2n) is 8.74. The highest BCUT2D eigenvalue weighted by atomic mass is 32.2. The van der Waals surface area contributed by atoms with E-state index >= 15 is 0 Å². The number of ether oxygens (including phenoxy) is 4. The van der Waals surface area contributed by atoms with Crippen molar-refractivity contribution in [2.24, 2.45) is 0 Å². The Hall–Kier alpha value is -4.85. The third-order valence-electron chi connectivity index (χ3n) is 5.74. The first-order valence-corrected chi connectivity index (χ1v) is 13.1. The number of amides is 2. The van der Waals surface area contributed by atoms with Crippen LogP contribution in [0.25, 0.3) is 0 Å². The fourth-order valence-electron chi connectivity index (χ4n) is 4.02. The Balaban J connectivity index is 1.41. The summed E-state index contributed by atoms with van der Waals surface area (Å²) in [6, 6.07) is 11.4. The van der Waals surface area contributed by atoms with E-state index in [2.05, 4.69) is 5.32 Å². The minimum Gasteiger partial charge on any atom is -0.484 e. The van der Waals surface area contributed by atoms with Crippen molar-refractivity contribution < 1.29 is 52.8 Å². The first-order valence-electron chi connectivity index (χ1n) is 12.1. The maximum atomic E-state index is 12.8. The van der Waals surface area contributed by atoms with Gasteiger partial charge in [-0.25, -0.2) is 9.59 Å². The van der Waals surface area contributed by atoms with Crippen molar-refractivity contribution in [1.82, 2.24) is 10.2 Å². The van der Waals surface area contributed by atoms with E-state index < -0.39 is 53.7 Å². The largest absolute Gasteiger partial charge is 0.484 e. The molecule has 14 heteroatoms. The summed E-state index contributed by atoms with van der Waals surface area (Å²) in [4.78, 5) is 73.7. The lowest BCUT2D eigenvalue weighted by molar-refractivity contribution is -0.151. The summed E-state index contributed by atoms with van der Waals surface area (Å²) in [5.41, 5.74) is -0.214. The van der Waals surface area contributed by atoms with E-state index in [1.807, 2.05) is 0 Å². The first-order chi connectivity index (χ1) is 19.5. The molecule has 2 amide bonds. The van der Waals surface area contributed by atoms with Gasteiger partial charge in [0.1, 0.15) is 29.5 Å². The lowest BCUT2D eigenvalue weighted by Gasteiger charge is -2.49. The van der Waals surface area contributed by atoms with Crippen LogP contribution in [-0.4, -0.2) is 76.1 Å². The van der Waals surface area contributed by atoms with Crippen LogP contribution in [-0.2, 0) is 28.7 Å². The van der Waals surface area contributed by atoms with Crippen molar-refractivity contribution in [3.63, 3.8) is 0 Å². The molecule has 0 radical (unpaired) electrons. The lowest BCUT2D eigenvalue weighted by atomic mass is 10.0. The molecule has 214 valence electrons. The molecule has 2 heterocycles. The Morgan fingerprint density at radius 2 is 1.68 bits per heavy atom. The number of esters is 3. The van der Waals surface area contributed by atoms with Crippen LogP contribution in [0.2, 0.25) is 0 Å². The zero-order valence-electron chi connectivity index (χ0n) is 21.8. The lowest BCUT2D eigenvalue weighted by Crippen LogP contribution is -2.71. The number of para-hydroxylation sites is 1. The van der Waals surface area contributed by atoms with Crippen LogP contribution < -0.4 is 19.5 Å². The number of nitrogens with one attached hydrogen (secondary N) is 1. The molecule has 0 bridgehead atoms. The minimum atomic E-state index is -1.39. The summed E-state index contributed by atoms with van der Waals surface area (Å²) in [6.45, 7) is 1.51. The fraction of sp³-hybridized carbons (Fsp3) is 0.259. The number of carbonyl (C=O) groups is 6. The molecule has 0 saturated carbocycles. The molecule has 13 nitrogen and oxygen atoms in total. The predicted octanol–water partition coefficient (Wildman–Crippen LogP) is 1.51. The van der Waals surface area contributed by atoms with Crippen molar-refractivity contribution in [3.05, 3.63) is 65.4 Å². The zero-order chi connectivity index (χ0) is 29.7. The molecule has 4 rings (SSSR count). The summed E-state index contributed by atoms with van der Waals surface area (Å²) in [5, 5.41) is 11.7. The molecule has 0 spiro atoms. The Morgan fingerprint density at radius 1 is 1.00 bits per heavy atom. The Kier molecular flexibility index (Phi) is 8.92. The van der Waals surface area contributed by atoms with Crippen molar-refractivity contribution in [1.29, 1.82) is 0 Å². The van der Waals surface area contributed by atoms with Crippen LogP contribution in [0.1, 0.15) is 24.2 Å². The molecule has 2 aliphatic rings. The number of carboxylic acid groups (broad SMARTS) is 1. The molecule has 2 aromatic carbocycles. The van der Waals surface area contributed by atoms with Crippen molar-refractivity contribution in [2.75, 3.05) is 19.0 Å². The summed E-state index contributed by atoms with van der Waals surface area (Å²) >= 11 is 1.21.